The molecule has 1 heterocycles. The van der Waals surface area contributed by atoms with Gasteiger partial charge < -0.3 is 14.6 Å². The molecule has 0 bridgehead atoms. The third-order valence-electron chi connectivity index (χ3n) is 4.54. The Morgan fingerprint density at radius 2 is 1.77 bits per heavy atom. The van der Waals surface area contributed by atoms with E-state index in [4.69, 9.17) is 9.47 Å². The van der Waals surface area contributed by atoms with E-state index in [0.717, 1.165) is 5.56 Å². The molecule has 0 saturated heterocycles. The zero-order valence-corrected chi connectivity index (χ0v) is 18.8. The molecule has 0 amide bonds. The van der Waals surface area contributed by atoms with Crippen LogP contribution in [-0.4, -0.2) is 40.3 Å². The van der Waals surface area contributed by atoms with Crippen LogP contribution in [0.1, 0.15) is 55.4 Å². The number of ether oxygens (including phenoxy) is 2. The third kappa shape index (κ3) is 6.23. The van der Waals surface area contributed by atoms with Crippen LogP contribution in [0.5, 0.6) is 11.5 Å². The Morgan fingerprint density at radius 3 is 2.37 bits per heavy atom. The highest BCUT2D eigenvalue weighted by Gasteiger charge is 2.28. The van der Waals surface area contributed by atoms with Crippen LogP contribution in [0.15, 0.2) is 42.6 Å². The van der Waals surface area contributed by atoms with Crippen LogP contribution in [0.25, 0.3) is 0 Å². The van der Waals surface area contributed by atoms with Gasteiger partial charge in [0.1, 0.15) is 6.10 Å². The third-order valence-corrected chi connectivity index (χ3v) is 6.03. The van der Waals surface area contributed by atoms with Crippen molar-refractivity contribution in [1.82, 2.24) is 4.98 Å². The molecule has 1 N–H and O–H groups in total. The molecule has 0 fully saturated rings. The van der Waals surface area contributed by atoms with Gasteiger partial charge in [0, 0.05) is 18.7 Å². The van der Waals surface area contributed by atoms with Gasteiger partial charge in [-0.05, 0) is 17.7 Å². The minimum Gasteiger partial charge on any atom is -0.503 e. The summed E-state index contributed by atoms with van der Waals surface area (Å²) in [6, 6.07) is 11.4. The molecule has 0 aliphatic rings. The molecule has 0 aliphatic heterocycles. The maximum atomic E-state index is 12.7. The van der Waals surface area contributed by atoms with Gasteiger partial charge in [-0.1, -0.05) is 51.1 Å². The average Bonchev–Trinajstić information content (AvgIpc) is 2.72. The fourth-order valence-corrected chi connectivity index (χ4v) is 4.20. The summed E-state index contributed by atoms with van der Waals surface area (Å²) in [4.78, 5) is 29.1. The highest BCUT2D eigenvalue weighted by molar-refractivity contribution is 8.00. The number of methoxy groups -OCH3 is 1. The lowest BCUT2D eigenvalue weighted by Gasteiger charge is -2.26. The van der Waals surface area contributed by atoms with E-state index in [9.17, 15) is 14.7 Å². The number of hydrogen-bond acceptors (Lipinski definition) is 7. The van der Waals surface area contributed by atoms with E-state index in [1.807, 2.05) is 37.3 Å². The smallest absolute Gasteiger partial charge is 0.309 e. The Balaban J connectivity index is 2.05. The van der Waals surface area contributed by atoms with Gasteiger partial charge in [-0.25, -0.2) is 4.98 Å². The van der Waals surface area contributed by atoms with Crippen molar-refractivity contribution in [2.24, 2.45) is 5.92 Å². The number of esters is 1. The first-order chi connectivity index (χ1) is 14.2. The molecule has 1 aromatic heterocycles. The number of hydrogen-bond donors (Lipinski definition) is 1. The number of carbonyl (C=O) groups excluding carboxylic acids is 2. The number of benzene rings is 1. The fraction of sp³-hybridized carbons (Fsp3) is 0.435. The summed E-state index contributed by atoms with van der Waals surface area (Å²) in [5.41, 5.74) is 0.977. The van der Waals surface area contributed by atoms with Gasteiger partial charge in [-0.3, -0.25) is 9.59 Å². The molecular formula is C23H29NO5S. The van der Waals surface area contributed by atoms with Crippen molar-refractivity contribution < 1.29 is 24.2 Å². The standard InChI is InChI=1S/C23H29NO5S/c1-14(2)30-22(17-9-7-6-8-10-17)16(4)29-23(27)15(3)13-18(25)20-21(26)19(28-5)11-12-24-20/h6-12,14-16,22,26H,13H2,1-5H3/t15-,16+,22+/m1/s1. The summed E-state index contributed by atoms with van der Waals surface area (Å²) in [5, 5.41) is 10.5. The van der Waals surface area contributed by atoms with Crippen LogP contribution in [-0.2, 0) is 9.53 Å². The molecule has 7 heteroatoms. The number of ketones is 1. The van der Waals surface area contributed by atoms with Gasteiger partial charge >= 0.3 is 5.97 Å². The predicted octanol–water partition coefficient (Wildman–Crippen LogP) is 4.82. The molecule has 6 nitrogen and oxygen atoms in total. The van der Waals surface area contributed by atoms with Gasteiger partial charge in [0.2, 0.25) is 0 Å². The Hall–Kier alpha value is -2.54. The van der Waals surface area contributed by atoms with Crippen molar-refractivity contribution in [3.8, 4) is 11.5 Å². The maximum Gasteiger partial charge on any atom is 0.309 e. The van der Waals surface area contributed by atoms with Crippen molar-refractivity contribution in [1.29, 1.82) is 0 Å². The van der Waals surface area contributed by atoms with Crippen LogP contribution in [0.2, 0.25) is 0 Å². The SMILES string of the molecule is COc1ccnc(C(=O)C[C@@H](C)C(=O)O[C@@H](C)[C@H](SC(C)C)c2ccccc2)c1O. The number of rotatable bonds is 10. The van der Waals surface area contributed by atoms with Crippen molar-refractivity contribution in [2.75, 3.05) is 7.11 Å². The Bertz CT molecular complexity index is 856. The van der Waals surface area contributed by atoms with E-state index in [2.05, 4.69) is 18.8 Å². The van der Waals surface area contributed by atoms with Gasteiger partial charge in [-0.2, -0.15) is 0 Å². The largest absolute Gasteiger partial charge is 0.503 e. The first-order valence-electron chi connectivity index (χ1n) is 9.90. The Kier molecular flexibility index (Phi) is 8.72. The van der Waals surface area contributed by atoms with Gasteiger partial charge in [0.25, 0.3) is 0 Å². The molecule has 0 unspecified atom stereocenters. The van der Waals surface area contributed by atoms with Crippen molar-refractivity contribution >= 4 is 23.5 Å². The van der Waals surface area contributed by atoms with E-state index in [1.54, 1.807) is 18.7 Å². The van der Waals surface area contributed by atoms with Crippen molar-refractivity contribution in [3.63, 3.8) is 0 Å². The molecule has 3 atom stereocenters. The molecule has 2 aromatic rings. The summed E-state index contributed by atoms with van der Waals surface area (Å²) in [7, 11) is 1.39. The Labute approximate surface area is 182 Å². The lowest BCUT2D eigenvalue weighted by molar-refractivity contribution is -0.152. The first-order valence-corrected chi connectivity index (χ1v) is 10.8. The van der Waals surface area contributed by atoms with Crippen LogP contribution < -0.4 is 4.74 Å². The number of aromatic nitrogens is 1. The van der Waals surface area contributed by atoms with E-state index >= 15 is 0 Å². The van der Waals surface area contributed by atoms with E-state index in [1.165, 1.54) is 19.4 Å². The highest BCUT2D eigenvalue weighted by Crippen LogP contribution is 2.37. The van der Waals surface area contributed by atoms with Gasteiger partial charge in [0.15, 0.2) is 23.0 Å². The van der Waals surface area contributed by atoms with E-state index in [0.29, 0.717) is 5.25 Å². The van der Waals surface area contributed by atoms with Crippen LogP contribution in [0, 0.1) is 5.92 Å². The molecule has 0 radical (unpaired) electrons. The van der Waals surface area contributed by atoms with Crippen molar-refractivity contribution in [3.05, 3.63) is 53.9 Å². The molecule has 0 aliphatic carbocycles. The summed E-state index contributed by atoms with van der Waals surface area (Å²) in [6.07, 6.45) is 0.894. The molecular weight excluding hydrogens is 402 g/mol. The molecule has 2 rings (SSSR count). The lowest BCUT2D eigenvalue weighted by atomic mass is 10.0. The second-order valence-electron chi connectivity index (χ2n) is 7.40. The van der Waals surface area contributed by atoms with Crippen molar-refractivity contribution in [2.45, 2.75) is 50.7 Å². The number of thioether (sulfide) groups is 1. The molecule has 30 heavy (non-hydrogen) atoms. The normalized spacial score (nSPS) is 14.1. The summed E-state index contributed by atoms with van der Waals surface area (Å²) in [5.74, 6) is -1.74. The second-order valence-corrected chi connectivity index (χ2v) is 9.12. The van der Waals surface area contributed by atoms with Crippen LogP contribution >= 0.6 is 11.8 Å². The molecule has 0 saturated carbocycles. The number of nitrogens with zero attached hydrogens (tertiary/aromatic N) is 1. The minimum atomic E-state index is -0.673. The predicted molar refractivity (Wildman–Crippen MR) is 118 cm³/mol. The molecule has 0 spiro atoms. The number of carbonyl (C=O) groups is 2. The van der Waals surface area contributed by atoms with Gasteiger partial charge in [0.05, 0.1) is 18.3 Å². The number of pyridine rings is 1. The summed E-state index contributed by atoms with van der Waals surface area (Å²) in [6.45, 7) is 7.71. The number of aromatic hydroxyl groups is 1. The van der Waals surface area contributed by atoms with Gasteiger partial charge in [-0.15, -0.1) is 11.8 Å². The zero-order chi connectivity index (χ0) is 22.3. The quantitative estimate of drug-likeness (QED) is 0.426. The summed E-state index contributed by atoms with van der Waals surface area (Å²) < 4.78 is 10.7. The monoisotopic (exact) mass is 431 g/mol. The second kappa shape index (κ2) is 11.0. The van der Waals surface area contributed by atoms with E-state index in [-0.39, 0.29) is 35.0 Å². The van der Waals surface area contributed by atoms with Crippen LogP contribution in [0.4, 0.5) is 0 Å². The van der Waals surface area contributed by atoms with Crippen LogP contribution in [0.3, 0.4) is 0 Å². The molecule has 162 valence electrons. The summed E-state index contributed by atoms with van der Waals surface area (Å²) >= 11 is 1.73. The molecule has 1 aromatic carbocycles. The maximum absolute atomic E-state index is 12.7. The Morgan fingerprint density at radius 1 is 1.10 bits per heavy atom. The number of Topliss-reactive ketones (excluding diaryl/α,β-unsaturated/α-hetero) is 1. The average molecular weight is 432 g/mol. The lowest BCUT2D eigenvalue weighted by Crippen LogP contribution is -2.26. The topological polar surface area (TPSA) is 85.7 Å². The first kappa shape index (κ1) is 23.7. The fourth-order valence-electron chi connectivity index (χ4n) is 3.02. The van der Waals surface area contributed by atoms with E-state index < -0.39 is 17.7 Å². The minimum absolute atomic E-state index is 0.0119. The zero-order valence-electron chi connectivity index (χ0n) is 18.0. The highest BCUT2D eigenvalue weighted by atomic mass is 32.2.